The van der Waals surface area contributed by atoms with Crippen LogP contribution in [0.3, 0.4) is 0 Å². The topological polar surface area (TPSA) is 30.7 Å². The number of para-hydroxylation sites is 3. The van der Waals surface area contributed by atoms with Crippen molar-refractivity contribution in [2.24, 2.45) is 0 Å². The molecule has 0 amide bonds. The molecule has 0 atom stereocenters. The van der Waals surface area contributed by atoms with Crippen molar-refractivity contribution in [2.75, 3.05) is 0 Å². The van der Waals surface area contributed by atoms with Crippen molar-refractivity contribution < 1.29 is 0 Å². The first-order valence-corrected chi connectivity index (χ1v) is 20.7. The Morgan fingerprint density at radius 3 is 1.67 bits per heavy atom. The van der Waals surface area contributed by atoms with E-state index in [9.17, 15) is 0 Å². The van der Waals surface area contributed by atoms with Crippen molar-refractivity contribution in [3.05, 3.63) is 235 Å². The first-order valence-electron chi connectivity index (χ1n) is 20.7. The van der Waals surface area contributed by atoms with Crippen molar-refractivity contribution >= 4 is 32.7 Å². The van der Waals surface area contributed by atoms with Crippen LogP contribution in [-0.4, -0.2) is 14.5 Å². The minimum atomic E-state index is -0.426. The monoisotopic (exact) mass is 761 g/mol. The molecule has 2 aliphatic carbocycles. The molecule has 2 heterocycles. The number of aromatic nitrogens is 3. The SMILES string of the molecule is c1ccc(-n2c3ccccc3c3cc(-c4ccc(-c5nc(-c6cccc7c6-c6ccccc6C76c7ccccc7-c7ccccc76)nc6ccccc56)cc4)ccc32)cc1. The second kappa shape index (κ2) is 12.6. The fraction of sp³-hybridized carbons (Fsp3) is 0.0175. The summed E-state index contributed by atoms with van der Waals surface area (Å²) < 4.78 is 2.36. The van der Waals surface area contributed by atoms with Gasteiger partial charge in [0.05, 0.1) is 27.7 Å². The highest BCUT2D eigenvalue weighted by molar-refractivity contribution is 6.10. The number of hydrogen-bond donors (Lipinski definition) is 0. The molecule has 60 heavy (non-hydrogen) atoms. The Balaban J connectivity index is 0.960. The molecule has 9 aromatic carbocycles. The van der Waals surface area contributed by atoms with Gasteiger partial charge in [-0.15, -0.1) is 0 Å². The number of hydrogen-bond acceptors (Lipinski definition) is 2. The zero-order valence-corrected chi connectivity index (χ0v) is 32.5. The van der Waals surface area contributed by atoms with Gasteiger partial charge in [0.15, 0.2) is 5.82 Å². The summed E-state index contributed by atoms with van der Waals surface area (Å²) in [6.45, 7) is 0. The lowest BCUT2D eigenvalue weighted by Gasteiger charge is -2.30. The maximum Gasteiger partial charge on any atom is 0.161 e. The Kier molecular flexibility index (Phi) is 6.93. The Morgan fingerprint density at radius 1 is 0.350 bits per heavy atom. The first kappa shape index (κ1) is 33.1. The van der Waals surface area contributed by atoms with Crippen molar-refractivity contribution in [3.63, 3.8) is 0 Å². The third-order valence-corrected chi connectivity index (χ3v) is 13.0. The van der Waals surface area contributed by atoms with Crippen molar-refractivity contribution in [3.8, 4) is 61.7 Å². The maximum atomic E-state index is 5.49. The summed E-state index contributed by atoms with van der Waals surface area (Å²) in [5.74, 6) is 0.733. The fourth-order valence-electron chi connectivity index (χ4n) is 10.6. The predicted octanol–water partition coefficient (Wildman–Crippen LogP) is 14.1. The molecule has 2 aliphatic rings. The van der Waals surface area contributed by atoms with Gasteiger partial charge in [-0.05, 0) is 92.0 Å². The van der Waals surface area contributed by atoms with Gasteiger partial charge in [0.2, 0.25) is 0 Å². The Morgan fingerprint density at radius 2 is 0.900 bits per heavy atom. The van der Waals surface area contributed by atoms with Gasteiger partial charge in [0.25, 0.3) is 0 Å². The van der Waals surface area contributed by atoms with Crippen LogP contribution in [0.5, 0.6) is 0 Å². The van der Waals surface area contributed by atoms with Gasteiger partial charge in [0.1, 0.15) is 0 Å². The van der Waals surface area contributed by atoms with E-state index >= 15 is 0 Å². The number of nitrogens with zero attached hydrogens (tertiary/aromatic N) is 3. The zero-order chi connectivity index (χ0) is 39.4. The van der Waals surface area contributed by atoms with Crippen LogP contribution in [0, 0.1) is 0 Å². The molecule has 0 fully saturated rings. The number of benzene rings is 9. The average molecular weight is 762 g/mol. The van der Waals surface area contributed by atoms with Gasteiger partial charge in [-0.25, -0.2) is 9.97 Å². The molecule has 3 heteroatoms. The summed E-state index contributed by atoms with van der Waals surface area (Å²) in [6.07, 6.45) is 0. The first-order chi connectivity index (χ1) is 29.8. The summed E-state index contributed by atoms with van der Waals surface area (Å²) >= 11 is 0. The van der Waals surface area contributed by atoms with Crippen LogP contribution in [0.15, 0.2) is 212 Å². The summed E-state index contributed by atoms with van der Waals surface area (Å²) in [5.41, 5.74) is 19.7. The van der Waals surface area contributed by atoms with Crippen LogP contribution in [0.25, 0.3) is 94.4 Å². The van der Waals surface area contributed by atoms with Crippen LogP contribution in [0.1, 0.15) is 22.3 Å². The predicted molar refractivity (Wildman–Crippen MR) is 246 cm³/mol. The molecular formula is C57H35N3. The van der Waals surface area contributed by atoms with E-state index in [2.05, 4.69) is 217 Å². The normalized spacial score (nSPS) is 13.1. The molecule has 278 valence electrons. The summed E-state index contributed by atoms with van der Waals surface area (Å²) in [7, 11) is 0. The minimum absolute atomic E-state index is 0.426. The van der Waals surface area contributed by atoms with Gasteiger partial charge in [-0.2, -0.15) is 0 Å². The standard InChI is InChI=1S/C57H35N3/c1-2-15-39(16-3-1)60-52-28-13-8-19-42(52)46-35-38(33-34-53(46)60)36-29-31-37(32-30-36)55-44-21-7-12-27-51(44)58-56(59-55)45-22-14-26-50-54(45)43-20-6-11-25-49(43)57(50)47-23-9-4-17-40(47)41-18-5-10-24-48(41)57/h1-35H. The second-order valence-electron chi connectivity index (χ2n) is 16.0. The van der Waals surface area contributed by atoms with E-state index in [-0.39, 0.29) is 0 Å². The third-order valence-electron chi connectivity index (χ3n) is 13.0. The molecule has 2 aromatic heterocycles. The molecule has 3 nitrogen and oxygen atoms in total. The zero-order valence-electron chi connectivity index (χ0n) is 32.5. The molecule has 0 radical (unpaired) electrons. The number of rotatable bonds is 4. The van der Waals surface area contributed by atoms with E-state index in [1.165, 1.54) is 71.9 Å². The van der Waals surface area contributed by atoms with E-state index in [1.807, 2.05) is 0 Å². The van der Waals surface area contributed by atoms with Crippen LogP contribution in [0.4, 0.5) is 0 Å². The highest BCUT2D eigenvalue weighted by atomic mass is 15.0. The quantitative estimate of drug-likeness (QED) is 0.179. The molecule has 0 unspecified atom stereocenters. The molecule has 1 spiro atoms. The fourth-order valence-corrected chi connectivity index (χ4v) is 10.6. The highest BCUT2D eigenvalue weighted by Crippen LogP contribution is 2.63. The van der Waals surface area contributed by atoms with Crippen molar-refractivity contribution in [1.29, 1.82) is 0 Å². The average Bonchev–Trinajstić information content (AvgIpc) is 3.93. The number of fused-ring (bicyclic) bond motifs is 14. The maximum absolute atomic E-state index is 5.49. The van der Waals surface area contributed by atoms with Crippen LogP contribution in [0.2, 0.25) is 0 Å². The van der Waals surface area contributed by atoms with Crippen molar-refractivity contribution in [1.82, 2.24) is 14.5 Å². The van der Waals surface area contributed by atoms with Gasteiger partial charge >= 0.3 is 0 Å². The van der Waals surface area contributed by atoms with E-state index in [4.69, 9.17) is 9.97 Å². The van der Waals surface area contributed by atoms with Gasteiger partial charge in [0, 0.05) is 33.0 Å². The summed E-state index contributed by atoms with van der Waals surface area (Å²) in [4.78, 5) is 10.8. The molecule has 0 aliphatic heterocycles. The molecule has 0 saturated carbocycles. The smallest absolute Gasteiger partial charge is 0.161 e. The highest BCUT2D eigenvalue weighted by Gasteiger charge is 2.52. The Hall–Kier alpha value is -7.88. The Labute approximate surface area is 347 Å². The summed E-state index contributed by atoms with van der Waals surface area (Å²) in [5, 5.41) is 3.52. The van der Waals surface area contributed by atoms with E-state index in [0.29, 0.717) is 0 Å². The lowest BCUT2D eigenvalue weighted by Crippen LogP contribution is -2.25. The summed E-state index contributed by atoms with van der Waals surface area (Å²) in [6, 6.07) is 77.1. The van der Waals surface area contributed by atoms with Gasteiger partial charge in [-0.1, -0.05) is 176 Å². The van der Waals surface area contributed by atoms with Crippen LogP contribution in [-0.2, 0) is 5.41 Å². The molecule has 13 rings (SSSR count). The van der Waals surface area contributed by atoms with Gasteiger partial charge < -0.3 is 4.57 Å². The van der Waals surface area contributed by atoms with E-state index in [0.717, 1.165) is 44.8 Å². The third kappa shape index (κ3) is 4.49. The molecular weight excluding hydrogens is 727 g/mol. The molecule has 11 aromatic rings. The molecule has 0 saturated heterocycles. The lowest BCUT2D eigenvalue weighted by atomic mass is 9.70. The second-order valence-corrected chi connectivity index (χ2v) is 16.0. The molecule has 0 N–H and O–H groups in total. The van der Waals surface area contributed by atoms with E-state index < -0.39 is 5.41 Å². The van der Waals surface area contributed by atoms with Crippen LogP contribution < -0.4 is 0 Å². The largest absolute Gasteiger partial charge is 0.309 e. The minimum Gasteiger partial charge on any atom is -0.309 e. The van der Waals surface area contributed by atoms with Gasteiger partial charge in [-0.3, -0.25) is 0 Å². The van der Waals surface area contributed by atoms with E-state index in [1.54, 1.807) is 0 Å². The van der Waals surface area contributed by atoms with Crippen LogP contribution >= 0.6 is 0 Å². The molecule has 0 bridgehead atoms. The van der Waals surface area contributed by atoms with Crippen molar-refractivity contribution in [2.45, 2.75) is 5.41 Å². The lowest BCUT2D eigenvalue weighted by molar-refractivity contribution is 0.794. The Bertz CT molecular complexity index is 3500.